The third-order valence-corrected chi connectivity index (χ3v) is 3.83. The molecule has 2 amide bonds. The van der Waals surface area contributed by atoms with Crippen LogP contribution in [0.5, 0.6) is 0 Å². The van der Waals surface area contributed by atoms with E-state index in [9.17, 15) is 19.5 Å². The molecule has 0 saturated carbocycles. The molecule has 1 aliphatic rings. The summed E-state index contributed by atoms with van der Waals surface area (Å²) in [5, 5.41) is 11.7. The van der Waals surface area contributed by atoms with Crippen LogP contribution in [0.25, 0.3) is 0 Å². The fraction of sp³-hybridized carbons (Fsp3) is 0.562. The number of aliphatic carboxylic acids is 1. The maximum atomic E-state index is 12.3. The van der Waals surface area contributed by atoms with E-state index in [1.807, 2.05) is 13.8 Å². The van der Waals surface area contributed by atoms with Crippen LogP contribution in [0, 0.1) is 11.8 Å². The Hall–Kier alpha value is -2.31. The van der Waals surface area contributed by atoms with Gasteiger partial charge in [0.15, 0.2) is 0 Å². The van der Waals surface area contributed by atoms with Crippen LogP contribution in [0.1, 0.15) is 32.4 Å². The SMILES string of the molecule is CC(C)C[C@H](NC(=O)C1CC(=O)N(Cc2ccco2)C1)C(=O)O. The van der Waals surface area contributed by atoms with E-state index in [1.54, 1.807) is 17.0 Å². The first-order valence-corrected chi connectivity index (χ1v) is 7.70. The average molecular weight is 322 g/mol. The van der Waals surface area contributed by atoms with E-state index in [1.165, 1.54) is 6.26 Å². The number of hydrogen-bond acceptors (Lipinski definition) is 4. The normalized spacial score (nSPS) is 19.2. The Bertz CT molecular complexity index is 567. The monoisotopic (exact) mass is 322 g/mol. The molecule has 2 rings (SSSR count). The second-order valence-corrected chi connectivity index (χ2v) is 6.28. The van der Waals surface area contributed by atoms with Crippen molar-refractivity contribution < 1.29 is 23.9 Å². The van der Waals surface area contributed by atoms with Crippen molar-refractivity contribution in [2.24, 2.45) is 11.8 Å². The quantitative estimate of drug-likeness (QED) is 0.787. The Morgan fingerprint density at radius 1 is 1.48 bits per heavy atom. The molecule has 126 valence electrons. The smallest absolute Gasteiger partial charge is 0.326 e. The Kier molecular flexibility index (Phi) is 5.41. The summed E-state index contributed by atoms with van der Waals surface area (Å²) < 4.78 is 5.21. The Balaban J connectivity index is 1.92. The predicted octanol–water partition coefficient (Wildman–Crippen LogP) is 1.24. The lowest BCUT2D eigenvalue weighted by Gasteiger charge is -2.19. The van der Waals surface area contributed by atoms with Gasteiger partial charge in [-0.2, -0.15) is 0 Å². The number of furan rings is 1. The van der Waals surface area contributed by atoms with Crippen molar-refractivity contribution in [2.45, 2.75) is 39.3 Å². The molecular weight excluding hydrogens is 300 g/mol. The summed E-state index contributed by atoms with van der Waals surface area (Å²) in [5.74, 6) is -1.28. The summed E-state index contributed by atoms with van der Waals surface area (Å²) in [6.45, 7) is 4.39. The fourth-order valence-corrected chi connectivity index (χ4v) is 2.67. The minimum Gasteiger partial charge on any atom is -0.480 e. The van der Waals surface area contributed by atoms with E-state index in [4.69, 9.17) is 4.42 Å². The molecule has 7 nitrogen and oxygen atoms in total. The van der Waals surface area contributed by atoms with Crippen molar-refractivity contribution >= 4 is 17.8 Å². The lowest BCUT2D eigenvalue weighted by molar-refractivity contribution is -0.142. The highest BCUT2D eigenvalue weighted by Gasteiger charge is 2.36. The zero-order chi connectivity index (χ0) is 17.0. The molecule has 2 heterocycles. The molecule has 0 radical (unpaired) electrons. The summed E-state index contributed by atoms with van der Waals surface area (Å²) in [6.07, 6.45) is 1.99. The lowest BCUT2D eigenvalue weighted by atomic mass is 10.0. The van der Waals surface area contributed by atoms with E-state index in [2.05, 4.69) is 5.32 Å². The lowest BCUT2D eigenvalue weighted by Crippen LogP contribution is -2.44. The van der Waals surface area contributed by atoms with Gasteiger partial charge < -0.3 is 19.7 Å². The largest absolute Gasteiger partial charge is 0.480 e. The van der Waals surface area contributed by atoms with Gasteiger partial charge in [0.25, 0.3) is 0 Å². The van der Waals surface area contributed by atoms with Gasteiger partial charge in [0.2, 0.25) is 11.8 Å². The van der Waals surface area contributed by atoms with Crippen LogP contribution in [-0.4, -0.2) is 40.4 Å². The van der Waals surface area contributed by atoms with E-state index in [-0.39, 0.29) is 30.7 Å². The number of carbonyl (C=O) groups excluding carboxylic acids is 2. The minimum absolute atomic E-state index is 0.0978. The molecule has 1 aliphatic heterocycles. The number of carboxylic acids is 1. The number of hydrogen-bond donors (Lipinski definition) is 2. The van der Waals surface area contributed by atoms with Crippen LogP contribution in [-0.2, 0) is 20.9 Å². The molecule has 1 aromatic heterocycles. The molecule has 2 N–H and O–H groups in total. The third kappa shape index (κ3) is 4.58. The molecule has 2 atom stereocenters. The molecule has 7 heteroatoms. The number of amides is 2. The highest BCUT2D eigenvalue weighted by Crippen LogP contribution is 2.21. The number of nitrogens with one attached hydrogen (secondary N) is 1. The average Bonchev–Trinajstić information content (AvgIpc) is 3.08. The zero-order valence-corrected chi connectivity index (χ0v) is 13.3. The van der Waals surface area contributed by atoms with Crippen LogP contribution in [0.4, 0.5) is 0 Å². The molecule has 0 bridgehead atoms. The second-order valence-electron chi connectivity index (χ2n) is 6.28. The third-order valence-electron chi connectivity index (χ3n) is 3.83. The molecule has 0 aromatic carbocycles. The Morgan fingerprint density at radius 2 is 2.22 bits per heavy atom. The van der Waals surface area contributed by atoms with Crippen molar-refractivity contribution in [1.82, 2.24) is 10.2 Å². The van der Waals surface area contributed by atoms with Gasteiger partial charge in [-0.05, 0) is 24.5 Å². The number of rotatable bonds is 7. The maximum absolute atomic E-state index is 12.3. The number of nitrogens with zero attached hydrogens (tertiary/aromatic N) is 1. The van der Waals surface area contributed by atoms with Crippen molar-refractivity contribution in [1.29, 1.82) is 0 Å². The van der Waals surface area contributed by atoms with Crippen molar-refractivity contribution in [3.8, 4) is 0 Å². The molecular formula is C16H22N2O5. The van der Waals surface area contributed by atoms with Gasteiger partial charge in [0, 0.05) is 13.0 Å². The molecule has 1 aromatic rings. The van der Waals surface area contributed by atoms with E-state index < -0.39 is 17.9 Å². The van der Waals surface area contributed by atoms with Crippen LogP contribution >= 0.6 is 0 Å². The van der Waals surface area contributed by atoms with Crippen molar-refractivity contribution in [2.75, 3.05) is 6.54 Å². The second kappa shape index (κ2) is 7.30. The Morgan fingerprint density at radius 3 is 2.78 bits per heavy atom. The van der Waals surface area contributed by atoms with Crippen LogP contribution in [0.2, 0.25) is 0 Å². The van der Waals surface area contributed by atoms with Gasteiger partial charge in [0.05, 0.1) is 18.7 Å². The predicted molar refractivity (Wildman–Crippen MR) is 81.3 cm³/mol. The van der Waals surface area contributed by atoms with Gasteiger partial charge in [-0.15, -0.1) is 0 Å². The zero-order valence-electron chi connectivity index (χ0n) is 13.3. The van der Waals surface area contributed by atoms with Gasteiger partial charge in [-0.3, -0.25) is 9.59 Å². The first-order chi connectivity index (χ1) is 10.9. The van der Waals surface area contributed by atoms with E-state index in [0.29, 0.717) is 18.7 Å². The highest BCUT2D eigenvalue weighted by molar-refractivity contribution is 5.91. The summed E-state index contributed by atoms with van der Waals surface area (Å²) in [5.41, 5.74) is 0. The number of likely N-dealkylation sites (tertiary alicyclic amines) is 1. The molecule has 0 aliphatic carbocycles. The standard InChI is InChI=1S/C16H22N2O5/c1-10(2)6-13(16(21)22)17-15(20)11-7-14(19)18(8-11)9-12-4-3-5-23-12/h3-5,10-11,13H,6-9H2,1-2H3,(H,17,20)(H,21,22)/t11?,13-/m0/s1. The first kappa shape index (κ1) is 17.1. The van der Waals surface area contributed by atoms with Gasteiger partial charge in [0.1, 0.15) is 11.8 Å². The summed E-state index contributed by atoms with van der Waals surface area (Å²) in [7, 11) is 0. The molecule has 1 saturated heterocycles. The molecule has 1 unspecified atom stereocenters. The molecule has 1 fully saturated rings. The summed E-state index contributed by atoms with van der Waals surface area (Å²) in [4.78, 5) is 37.0. The number of carboxylic acid groups (broad SMARTS) is 1. The van der Waals surface area contributed by atoms with E-state index in [0.717, 1.165) is 0 Å². The molecule has 0 spiro atoms. The van der Waals surface area contributed by atoms with Crippen LogP contribution in [0.15, 0.2) is 22.8 Å². The maximum Gasteiger partial charge on any atom is 0.326 e. The van der Waals surface area contributed by atoms with Gasteiger partial charge >= 0.3 is 5.97 Å². The van der Waals surface area contributed by atoms with Crippen LogP contribution < -0.4 is 5.32 Å². The van der Waals surface area contributed by atoms with Gasteiger partial charge in [-0.1, -0.05) is 13.8 Å². The van der Waals surface area contributed by atoms with E-state index >= 15 is 0 Å². The summed E-state index contributed by atoms with van der Waals surface area (Å²) >= 11 is 0. The van der Waals surface area contributed by atoms with Crippen LogP contribution in [0.3, 0.4) is 0 Å². The van der Waals surface area contributed by atoms with Crippen molar-refractivity contribution in [3.05, 3.63) is 24.2 Å². The number of carbonyl (C=O) groups is 3. The van der Waals surface area contributed by atoms with Crippen molar-refractivity contribution in [3.63, 3.8) is 0 Å². The first-order valence-electron chi connectivity index (χ1n) is 7.70. The topological polar surface area (TPSA) is 99.9 Å². The Labute approximate surface area is 134 Å². The summed E-state index contributed by atoms with van der Waals surface area (Å²) in [6, 6.07) is 2.59. The molecule has 23 heavy (non-hydrogen) atoms. The minimum atomic E-state index is -1.05. The fourth-order valence-electron chi connectivity index (χ4n) is 2.67. The van der Waals surface area contributed by atoms with Gasteiger partial charge in [-0.25, -0.2) is 4.79 Å². The highest BCUT2D eigenvalue weighted by atomic mass is 16.4.